The lowest BCUT2D eigenvalue weighted by molar-refractivity contribution is 0.131. The molecule has 118 valence electrons. The second-order valence-electron chi connectivity index (χ2n) is 4.90. The average Bonchev–Trinajstić information content (AvgIpc) is 3.01. The standard InChI is InChI=1S/C13H14FN3O3S2/c14-11-3-1-2-4-12(11)22(18,19)17-7-5-10(6-8-17)20-13-9-15-21-16-13/h1-4,9-10H,5-8H2. The molecule has 1 aliphatic heterocycles. The maximum atomic E-state index is 13.7. The van der Waals surface area contributed by atoms with Gasteiger partial charge in [0.15, 0.2) is 0 Å². The molecule has 0 radical (unpaired) electrons. The van der Waals surface area contributed by atoms with Gasteiger partial charge in [0.1, 0.15) is 23.0 Å². The Morgan fingerprint density at radius 1 is 1.27 bits per heavy atom. The molecule has 9 heteroatoms. The normalized spacial score (nSPS) is 17.5. The molecule has 2 heterocycles. The van der Waals surface area contributed by atoms with Crippen LogP contribution in [0.1, 0.15) is 12.8 Å². The summed E-state index contributed by atoms with van der Waals surface area (Å²) in [6, 6.07) is 5.42. The Kier molecular flexibility index (Phi) is 4.37. The highest BCUT2D eigenvalue weighted by Gasteiger charge is 2.31. The van der Waals surface area contributed by atoms with Crippen LogP contribution in [-0.2, 0) is 10.0 Å². The fourth-order valence-electron chi connectivity index (χ4n) is 2.36. The average molecular weight is 343 g/mol. The summed E-state index contributed by atoms with van der Waals surface area (Å²) < 4.78 is 53.4. The van der Waals surface area contributed by atoms with E-state index in [9.17, 15) is 12.8 Å². The number of hydrogen-bond donors (Lipinski definition) is 0. The second kappa shape index (κ2) is 6.27. The van der Waals surface area contributed by atoms with Crippen molar-refractivity contribution in [3.05, 3.63) is 36.3 Å². The molecule has 0 unspecified atom stereocenters. The first-order valence-corrected chi connectivity index (χ1v) is 8.93. The van der Waals surface area contributed by atoms with Gasteiger partial charge in [-0.05, 0) is 25.0 Å². The summed E-state index contributed by atoms with van der Waals surface area (Å²) in [5, 5.41) is 0. The number of nitrogens with zero attached hydrogens (tertiary/aromatic N) is 3. The predicted molar refractivity (Wildman–Crippen MR) is 78.7 cm³/mol. The van der Waals surface area contributed by atoms with E-state index >= 15 is 0 Å². The third kappa shape index (κ3) is 3.11. The molecule has 1 aromatic heterocycles. The Balaban J connectivity index is 1.67. The minimum atomic E-state index is -3.80. The van der Waals surface area contributed by atoms with Crippen molar-refractivity contribution in [1.82, 2.24) is 13.1 Å². The van der Waals surface area contributed by atoms with E-state index in [2.05, 4.69) is 8.75 Å². The van der Waals surface area contributed by atoms with Gasteiger partial charge in [-0.1, -0.05) is 12.1 Å². The Morgan fingerprint density at radius 3 is 2.64 bits per heavy atom. The summed E-state index contributed by atoms with van der Waals surface area (Å²) in [6.07, 6.45) is 2.50. The van der Waals surface area contributed by atoms with Crippen molar-refractivity contribution in [3.8, 4) is 5.88 Å². The third-order valence-electron chi connectivity index (χ3n) is 3.48. The Bertz CT molecular complexity index is 729. The first-order valence-electron chi connectivity index (χ1n) is 6.76. The number of aromatic nitrogens is 2. The zero-order chi connectivity index (χ0) is 15.6. The van der Waals surface area contributed by atoms with Crippen LogP contribution in [0.2, 0.25) is 0 Å². The van der Waals surface area contributed by atoms with E-state index in [0.29, 0.717) is 31.8 Å². The van der Waals surface area contributed by atoms with Crippen molar-refractivity contribution in [2.45, 2.75) is 23.8 Å². The van der Waals surface area contributed by atoms with Crippen LogP contribution < -0.4 is 4.74 Å². The van der Waals surface area contributed by atoms with Crippen molar-refractivity contribution in [3.63, 3.8) is 0 Å². The van der Waals surface area contributed by atoms with Gasteiger partial charge >= 0.3 is 0 Å². The van der Waals surface area contributed by atoms with E-state index < -0.39 is 15.8 Å². The highest BCUT2D eigenvalue weighted by atomic mass is 32.2. The minimum Gasteiger partial charge on any atom is -0.473 e. The fraction of sp³-hybridized carbons (Fsp3) is 0.385. The van der Waals surface area contributed by atoms with Crippen LogP contribution in [0.5, 0.6) is 5.88 Å². The van der Waals surface area contributed by atoms with E-state index in [4.69, 9.17) is 4.74 Å². The molecular formula is C13H14FN3O3S2. The summed E-state index contributed by atoms with van der Waals surface area (Å²) in [7, 11) is -3.80. The second-order valence-corrected chi connectivity index (χ2v) is 7.36. The molecule has 0 amide bonds. The maximum absolute atomic E-state index is 13.7. The molecule has 0 N–H and O–H groups in total. The largest absolute Gasteiger partial charge is 0.473 e. The SMILES string of the molecule is O=S(=O)(c1ccccc1F)N1CCC(Oc2cnsn2)CC1. The molecule has 0 saturated carbocycles. The summed E-state index contributed by atoms with van der Waals surface area (Å²) in [5.41, 5.74) is 0. The zero-order valence-electron chi connectivity index (χ0n) is 11.6. The molecule has 2 aromatic rings. The Labute approximate surface area is 131 Å². The lowest BCUT2D eigenvalue weighted by Gasteiger charge is -2.30. The lowest BCUT2D eigenvalue weighted by atomic mass is 10.1. The van der Waals surface area contributed by atoms with E-state index in [-0.39, 0.29) is 11.0 Å². The first kappa shape index (κ1) is 15.3. The van der Waals surface area contributed by atoms with Crippen LogP contribution in [0, 0.1) is 5.82 Å². The molecule has 0 atom stereocenters. The Morgan fingerprint density at radius 2 is 2.00 bits per heavy atom. The van der Waals surface area contributed by atoms with Gasteiger partial charge in [0.25, 0.3) is 0 Å². The fourth-order valence-corrected chi connectivity index (χ4v) is 4.25. The van der Waals surface area contributed by atoms with Crippen LogP contribution in [-0.4, -0.2) is 40.7 Å². The van der Waals surface area contributed by atoms with Crippen molar-refractivity contribution in [2.75, 3.05) is 13.1 Å². The van der Waals surface area contributed by atoms with Gasteiger partial charge in [-0.2, -0.15) is 8.68 Å². The number of ether oxygens (including phenoxy) is 1. The zero-order valence-corrected chi connectivity index (χ0v) is 13.2. The van der Waals surface area contributed by atoms with E-state index in [1.807, 2.05) is 0 Å². The van der Waals surface area contributed by atoms with Gasteiger partial charge in [-0.15, -0.1) is 4.37 Å². The summed E-state index contributed by atoms with van der Waals surface area (Å²) in [4.78, 5) is -0.280. The molecule has 0 spiro atoms. The molecular weight excluding hydrogens is 329 g/mol. The van der Waals surface area contributed by atoms with Gasteiger partial charge in [0.2, 0.25) is 15.9 Å². The number of benzene rings is 1. The van der Waals surface area contributed by atoms with Crippen LogP contribution in [0.4, 0.5) is 4.39 Å². The van der Waals surface area contributed by atoms with Crippen molar-refractivity contribution in [2.24, 2.45) is 0 Å². The number of halogens is 1. The van der Waals surface area contributed by atoms with Crippen LogP contribution in [0.3, 0.4) is 0 Å². The topological polar surface area (TPSA) is 72.4 Å². The smallest absolute Gasteiger partial charge is 0.245 e. The van der Waals surface area contributed by atoms with Crippen LogP contribution >= 0.6 is 11.7 Å². The predicted octanol–water partition coefficient (Wildman–Crippen LogP) is 1.91. The quantitative estimate of drug-likeness (QED) is 0.848. The summed E-state index contributed by atoms with van der Waals surface area (Å²) in [6.45, 7) is 0.581. The van der Waals surface area contributed by atoms with Gasteiger partial charge < -0.3 is 4.74 Å². The van der Waals surface area contributed by atoms with Crippen LogP contribution in [0.25, 0.3) is 0 Å². The molecule has 0 bridgehead atoms. The maximum Gasteiger partial charge on any atom is 0.245 e. The summed E-state index contributed by atoms with van der Waals surface area (Å²) >= 11 is 1.06. The van der Waals surface area contributed by atoms with Crippen molar-refractivity contribution in [1.29, 1.82) is 0 Å². The van der Waals surface area contributed by atoms with E-state index in [1.54, 1.807) is 0 Å². The number of sulfonamides is 1. The Hall–Kier alpha value is -1.58. The lowest BCUT2D eigenvalue weighted by Crippen LogP contribution is -2.42. The number of hydrogen-bond acceptors (Lipinski definition) is 6. The minimum absolute atomic E-state index is 0.101. The van der Waals surface area contributed by atoms with Gasteiger partial charge in [0, 0.05) is 13.1 Å². The van der Waals surface area contributed by atoms with Crippen LogP contribution in [0.15, 0.2) is 35.4 Å². The highest BCUT2D eigenvalue weighted by Crippen LogP contribution is 2.24. The highest BCUT2D eigenvalue weighted by molar-refractivity contribution is 7.89. The molecule has 22 heavy (non-hydrogen) atoms. The molecule has 1 fully saturated rings. The molecule has 3 rings (SSSR count). The van der Waals surface area contributed by atoms with Gasteiger partial charge in [0.05, 0.1) is 11.7 Å². The third-order valence-corrected chi connectivity index (χ3v) is 5.88. The van der Waals surface area contributed by atoms with E-state index in [0.717, 1.165) is 17.8 Å². The van der Waals surface area contributed by atoms with Gasteiger partial charge in [-0.3, -0.25) is 0 Å². The molecule has 1 aromatic carbocycles. The molecule has 6 nitrogen and oxygen atoms in total. The number of rotatable bonds is 4. The molecule has 1 aliphatic rings. The number of piperidine rings is 1. The monoisotopic (exact) mass is 343 g/mol. The van der Waals surface area contributed by atoms with Crippen molar-refractivity contribution >= 4 is 21.8 Å². The van der Waals surface area contributed by atoms with E-state index in [1.165, 1.54) is 28.7 Å². The first-order chi connectivity index (χ1) is 10.6. The van der Waals surface area contributed by atoms with Crippen molar-refractivity contribution < 1.29 is 17.5 Å². The summed E-state index contributed by atoms with van der Waals surface area (Å²) in [5.74, 6) is -0.269. The molecule has 1 saturated heterocycles. The molecule has 0 aliphatic carbocycles. The van der Waals surface area contributed by atoms with Gasteiger partial charge in [-0.25, -0.2) is 12.8 Å².